The molecule has 0 bridgehead atoms. The van der Waals surface area contributed by atoms with Gasteiger partial charge in [-0.05, 0) is 19.3 Å². The summed E-state index contributed by atoms with van der Waals surface area (Å²) in [7, 11) is 0. The van der Waals surface area contributed by atoms with Crippen molar-refractivity contribution in [2.24, 2.45) is 5.41 Å². The van der Waals surface area contributed by atoms with Crippen molar-refractivity contribution in [3.8, 4) is 0 Å². The van der Waals surface area contributed by atoms with Gasteiger partial charge in [0.05, 0.1) is 0 Å². The first kappa shape index (κ1) is 13.9. The Bertz CT molecular complexity index is 224. The van der Waals surface area contributed by atoms with Gasteiger partial charge < -0.3 is 10.4 Å². The molecule has 0 aromatic carbocycles. The van der Waals surface area contributed by atoms with Gasteiger partial charge in [0.2, 0.25) is 5.91 Å². The Morgan fingerprint density at radius 2 is 1.87 bits per heavy atom. The van der Waals surface area contributed by atoms with Gasteiger partial charge in [-0.1, -0.05) is 20.8 Å². The number of hydrogen-bond acceptors (Lipinski definition) is 2. The zero-order valence-electron chi connectivity index (χ0n) is 9.80. The summed E-state index contributed by atoms with van der Waals surface area (Å²) in [5.74, 6) is -0.740. The van der Waals surface area contributed by atoms with Crippen LogP contribution in [0.4, 0.5) is 0 Å². The van der Waals surface area contributed by atoms with Gasteiger partial charge in [-0.3, -0.25) is 9.59 Å². The molecule has 88 valence electrons. The second-order valence-electron chi connectivity index (χ2n) is 4.34. The highest BCUT2D eigenvalue weighted by atomic mass is 16.4. The summed E-state index contributed by atoms with van der Waals surface area (Å²) < 4.78 is 0. The van der Waals surface area contributed by atoms with E-state index in [2.05, 4.69) is 5.32 Å². The van der Waals surface area contributed by atoms with E-state index >= 15 is 0 Å². The van der Waals surface area contributed by atoms with Crippen molar-refractivity contribution in [1.82, 2.24) is 5.32 Å². The molecule has 0 rings (SSSR count). The fraction of sp³-hybridized carbons (Fsp3) is 0.818. The molecule has 0 aromatic heterocycles. The zero-order valence-corrected chi connectivity index (χ0v) is 9.80. The maximum Gasteiger partial charge on any atom is 0.303 e. The lowest BCUT2D eigenvalue weighted by Gasteiger charge is -2.21. The highest BCUT2D eigenvalue weighted by Gasteiger charge is 2.24. The van der Waals surface area contributed by atoms with Crippen LogP contribution < -0.4 is 5.32 Å². The predicted octanol–water partition coefficient (Wildman–Crippen LogP) is 1.79. The van der Waals surface area contributed by atoms with Crippen molar-refractivity contribution in [1.29, 1.82) is 0 Å². The molecular weight excluding hydrogens is 194 g/mol. The monoisotopic (exact) mass is 215 g/mol. The van der Waals surface area contributed by atoms with Crippen LogP contribution in [0.1, 0.15) is 46.5 Å². The van der Waals surface area contributed by atoms with Gasteiger partial charge in [0.25, 0.3) is 0 Å². The Labute approximate surface area is 91.1 Å². The molecule has 4 heteroatoms. The predicted molar refractivity (Wildman–Crippen MR) is 58.6 cm³/mol. The molecule has 1 amide bonds. The molecule has 0 fully saturated rings. The number of hydrogen-bond donors (Lipinski definition) is 2. The van der Waals surface area contributed by atoms with Crippen molar-refractivity contribution in [3.05, 3.63) is 0 Å². The average molecular weight is 215 g/mol. The van der Waals surface area contributed by atoms with Gasteiger partial charge in [0.15, 0.2) is 0 Å². The lowest BCUT2D eigenvalue weighted by molar-refractivity contribution is -0.137. The van der Waals surface area contributed by atoms with E-state index in [9.17, 15) is 9.59 Å². The summed E-state index contributed by atoms with van der Waals surface area (Å²) in [4.78, 5) is 21.8. The van der Waals surface area contributed by atoms with Crippen LogP contribution in [0.15, 0.2) is 0 Å². The number of carbonyl (C=O) groups is 2. The molecule has 0 atom stereocenters. The fourth-order valence-electron chi connectivity index (χ4n) is 1.00. The van der Waals surface area contributed by atoms with Crippen LogP contribution in [-0.2, 0) is 9.59 Å². The van der Waals surface area contributed by atoms with E-state index in [1.807, 2.05) is 20.8 Å². The van der Waals surface area contributed by atoms with E-state index in [0.717, 1.165) is 12.8 Å². The minimum Gasteiger partial charge on any atom is -0.481 e. The van der Waals surface area contributed by atoms with E-state index in [0.29, 0.717) is 13.0 Å². The zero-order chi connectivity index (χ0) is 11.9. The maximum atomic E-state index is 11.6. The molecule has 0 unspecified atom stereocenters. The van der Waals surface area contributed by atoms with E-state index in [-0.39, 0.29) is 17.7 Å². The van der Waals surface area contributed by atoms with Gasteiger partial charge >= 0.3 is 5.97 Å². The maximum absolute atomic E-state index is 11.6. The molecule has 0 aliphatic carbocycles. The SMILES string of the molecule is CCC(C)(C)C(=O)NCCCCC(=O)O. The standard InChI is InChI=1S/C11H21NO3/c1-4-11(2,3)10(15)12-8-6-5-7-9(13)14/h4-8H2,1-3H3,(H,12,15)(H,13,14). The number of carboxylic acid groups (broad SMARTS) is 1. The highest BCUT2D eigenvalue weighted by molar-refractivity contribution is 5.81. The first-order chi connectivity index (χ1) is 6.90. The summed E-state index contributed by atoms with van der Waals surface area (Å²) >= 11 is 0. The third-order valence-corrected chi connectivity index (χ3v) is 2.60. The molecule has 0 saturated heterocycles. The van der Waals surface area contributed by atoms with Gasteiger partial charge in [0, 0.05) is 18.4 Å². The Kier molecular flexibility index (Phi) is 5.97. The number of aliphatic carboxylic acids is 1. The van der Waals surface area contributed by atoms with Gasteiger partial charge in [-0.25, -0.2) is 0 Å². The Balaban J connectivity index is 3.60. The van der Waals surface area contributed by atoms with Crippen molar-refractivity contribution < 1.29 is 14.7 Å². The van der Waals surface area contributed by atoms with Gasteiger partial charge in [-0.2, -0.15) is 0 Å². The van der Waals surface area contributed by atoms with Crippen LogP contribution in [0.3, 0.4) is 0 Å². The summed E-state index contributed by atoms with van der Waals surface area (Å²) in [5.41, 5.74) is -0.327. The number of carbonyl (C=O) groups excluding carboxylic acids is 1. The second-order valence-corrected chi connectivity index (χ2v) is 4.34. The van der Waals surface area contributed by atoms with Crippen LogP contribution in [0.2, 0.25) is 0 Å². The largest absolute Gasteiger partial charge is 0.481 e. The Morgan fingerprint density at radius 1 is 1.27 bits per heavy atom. The van der Waals surface area contributed by atoms with Crippen LogP contribution in [-0.4, -0.2) is 23.5 Å². The van der Waals surface area contributed by atoms with Crippen LogP contribution in [0.25, 0.3) is 0 Å². The quantitative estimate of drug-likeness (QED) is 0.636. The number of carboxylic acids is 1. The molecule has 15 heavy (non-hydrogen) atoms. The van der Waals surface area contributed by atoms with Crippen LogP contribution >= 0.6 is 0 Å². The van der Waals surface area contributed by atoms with Crippen LogP contribution in [0.5, 0.6) is 0 Å². The highest BCUT2D eigenvalue weighted by Crippen LogP contribution is 2.19. The molecule has 0 aromatic rings. The minimum atomic E-state index is -0.782. The minimum absolute atomic E-state index is 0.0420. The third kappa shape index (κ3) is 6.10. The van der Waals surface area contributed by atoms with Crippen molar-refractivity contribution >= 4 is 11.9 Å². The molecule has 0 aliphatic rings. The van der Waals surface area contributed by atoms with Gasteiger partial charge in [-0.15, -0.1) is 0 Å². The molecule has 4 nitrogen and oxygen atoms in total. The fourth-order valence-corrected chi connectivity index (χ4v) is 1.00. The second kappa shape index (κ2) is 6.43. The molecule has 0 saturated carbocycles. The Hall–Kier alpha value is -1.06. The van der Waals surface area contributed by atoms with E-state index in [4.69, 9.17) is 5.11 Å². The van der Waals surface area contributed by atoms with E-state index in [1.54, 1.807) is 0 Å². The molecule has 2 N–H and O–H groups in total. The first-order valence-electron chi connectivity index (χ1n) is 5.40. The normalized spacial score (nSPS) is 11.1. The summed E-state index contributed by atoms with van der Waals surface area (Å²) in [6.07, 6.45) is 2.31. The average Bonchev–Trinajstić information content (AvgIpc) is 2.16. The Morgan fingerprint density at radius 3 is 2.33 bits per heavy atom. The molecule has 0 radical (unpaired) electrons. The molecule has 0 heterocycles. The van der Waals surface area contributed by atoms with E-state index in [1.165, 1.54) is 0 Å². The summed E-state index contributed by atoms with van der Waals surface area (Å²) in [6.45, 7) is 6.35. The van der Waals surface area contributed by atoms with Gasteiger partial charge in [0.1, 0.15) is 0 Å². The number of nitrogens with one attached hydrogen (secondary N) is 1. The topological polar surface area (TPSA) is 66.4 Å². The smallest absolute Gasteiger partial charge is 0.303 e. The van der Waals surface area contributed by atoms with Crippen LogP contribution in [0, 0.1) is 5.41 Å². The summed E-state index contributed by atoms with van der Waals surface area (Å²) in [5, 5.41) is 11.2. The van der Waals surface area contributed by atoms with Crippen molar-refractivity contribution in [2.45, 2.75) is 46.5 Å². The molecule has 0 spiro atoms. The number of rotatable bonds is 7. The van der Waals surface area contributed by atoms with Crippen molar-refractivity contribution in [2.75, 3.05) is 6.54 Å². The molecule has 0 aliphatic heterocycles. The number of amides is 1. The number of unbranched alkanes of at least 4 members (excludes halogenated alkanes) is 1. The first-order valence-corrected chi connectivity index (χ1v) is 5.40. The molecular formula is C11H21NO3. The lowest BCUT2D eigenvalue weighted by atomic mass is 9.89. The van der Waals surface area contributed by atoms with E-state index < -0.39 is 5.97 Å². The third-order valence-electron chi connectivity index (χ3n) is 2.60. The van der Waals surface area contributed by atoms with Crippen molar-refractivity contribution in [3.63, 3.8) is 0 Å². The lowest BCUT2D eigenvalue weighted by Crippen LogP contribution is -2.36. The summed E-state index contributed by atoms with van der Waals surface area (Å²) in [6, 6.07) is 0.